The van der Waals surface area contributed by atoms with E-state index >= 15 is 0 Å². The van der Waals surface area contributed by atoms with Crippen LogP contribution in [0.2, 0.25) is 0 Å². The number of halogens is 1. The van der Waals surface area contributed by atoms with Gasteiger partial charge in [-0.15, -0.1) is 0 Å². The van der Waals surface area contributed by atoms with Gasteiger partial charge in [-0.05, 0) is 12.8 Å². The summed E-state index contributed by atoms with van der Waals surface area (Å²) >= 11 is 0. The first-order chi connectivity index (χ1) is 4.24. The SMILES string of the molecule is N[C@@H]1C[C@H](CO)[C@@H](F)C1. The Balaban J connectivity index is 2.38. The van der Waals surface area contributed by atoms with Gasteiger partial charge in [0.25, 0.3) is 0 Å². The second-order valence-electron chi connectivity index (χ2n) is 2.69. The molecule has 0 saturated heterocycles. The van der Waals surface area contributed by atoms with E-state index in [1.807, 2.05) is 0 Å². The summed E-state index contributed by atoms with van der Waals surface area (Å²) in [7, 11) is 0. The smallest absolute Gasteiger partial charge is 0.107 e. The van der Waals surface area contributed by atoms with Gasteiger partial charge in [0.1, 0.15) is 6.17 Å². The maximum Gasteiger partial charge on any atom is 0.107 e. The summed E-state index contributed by atoms with van der Waals surface area (Å²) < 4.78 is 12.6. The van der Waals surface area contributed by atoms with E-state index in [0.717, 1.165) is 0 Å². The summed E-state index contributed by atoms with van der Waals surface area (Å²) in [5.74, 6) is -0.194. The van der Waals surface area contributed by atoms with Gasteiger partial charge in [-0.3, -0.25) is 0 Å². The van der Waals surface area contributed by atoms with Crippen LogP contribution in [0.25, 0.3) is 0 Å². The maximum absolute atomic E-state index is 12.6. The molecule has 1 saturated carbocycles. The van der Waals surface area contributed by atoms with E-state index in [-0.39, 0.29) is 18.6 Å². The average molecular weight is 133 g/mol. The van der Waals surface area contributed by atoms with Crippen LogP contribution < -0.4 is 5.73 Å². The predicted octanol–water partition coefficient (Wildman–Crippen LogP) is 0.0541. The molecule has 3 N–H and O–H groups in total. The zero-order chi connectivity index (χ0) is 6.85. The van der Waals surface area contributed by atoms with Gasteiger partial charge in [-0.25, -0.2) is 4.39 Å². The number of alkyl halides is 1. The Kier molecular flexibility index (Phi) is 2.03. The Morgan fingerprint density at radius 3 is 2.44 bits per heavy atom. The number of aliphatic hydroxyl groups excluding tert-OH is 1. The standard InChI is InChI=1S/C6H12FNO/c7-6-2-5(8)1-4(6)3-9/h4-6,9H,1-3,8H2/t4-,5-,6+/m1/s1. The molecule has 1 aliphatic rings. The molecule has 3 atom stereocenters. The lowest BCUT2D eigenvalue weighted by Gasteiger charge is -2.05. The highest BCUT2D eigenvalue weighted by Crippen LogP contribution is 2.26. The van der Waals surface area contributed by atoms with Crippen molar-refractivity contribution in [3.8, 4) is 0 Å². The molecule has 0 aromatic carbocycles. The zero-order valence-corrected chi connectivity index (χ0v) is 5.26. The number of rotatable bonds is 1. The summed E-state index contributed by atoms with van der Waals surface area (Å²) in [6.45, 7) is -0.0606. The molecule has 0 spiro atoms. The fraction of sp³-hybridized carbons (Fsp3) is 1.00. The van der Waals surface area contributed by atoms with Gasteiger partial charge >= 0.3 is 0 Å². The van der Waals surface area contributed by atoms with Crippen molar-refractivity contribution in [1.82, 2.24) is 0 Å². The normalized spacial score (nSPS) is 43.7. The number of hydrogen-bond acceptors (Lipinski definition) is 2. The van der Waals surface area contributed by atoms with Crippen molar-refractivity contribution in [2.75, 3.05) is 6.61 Å². The summed E-state index contributed by atoms with van der Waals surface area (Å²) in [4.78, 5) is 0. The van der Waals surface area contributed by atoms with Crippen LogP contribution >= 0.6 is 0 Å². The molecule has 1 fully saturated rings. The van der Waals surface area contributed by atoms with Crippen molar-refractivity contribution in [3.63, 3.8) is 0 Å². The second-order valence-corrected chi connectivity index (χ2v) is 2.69. The van der Waals surface area contributed by atoms with Crippen LogP contribution in [0.15, 0.2) is 0 Å². The molecule has 1 rings (SSSR count). The van der Waals surface area contributed by atoms with Crippen molar-refractivity contribution in [1.29, 1.82) is 0 Å². The van der Waals surface area contributed by atoms with E-state index in [2.05, 4.69) is 0 Å². The van der Waals surface area contributed by atoms with Crippen LogP contribution in [-0.4, -0.2) is 23.9 Å². The molecule has 9 heavy (non-hydrogen) atoms. The van der Waals surface area contributed by atoms with Crippen molar-refractivity contribution in [2.24, 2.45) is 11.7 Å². The molecule has 0 unspecified atom stereocenters. The summed E-state index contributed by atoms with van der Waals surface area (Å²) in [5.41, 5.74) is 5.44. The highest BCUT2D eigenvalue weighted by molar-refractivity contribution is 4.84. The summed E-state index contributed by atoms with van der Waals surface area (Å²) in [6.07, 6.45) is 0.188. The average Bonchev–Trinajstić information content (AvgIpc) is 2.10. The molecule has 0 aliphatic heterocycles. The lowest BCUT2D eigenvalue weighted by Crippen LogP contribution is -2.15. The van der Waals surface area contributed by atoms with E-state index in [4.69, 9.17) is 10.8 Å². The van der Waals surface area contributed by atoms with Crippen LogP contribution in [0, 0.1) is 5.92 Å². The van der Waals surface area contributed by atoms with E-state index < -0.39 is 6.17 Å². The molecular formula is C6H12FNO. The topological polar surface area (TPSA) is 46.2 Å². The fourth-order valence-corrected chi connectivity index (χ4v) is 1.30. The van der Waals surface area contributed by atoms with E-state index in [9.17, 15) is 4.39 Å². The van der Waals surface area contributed by atoms with Crippen LogP contribution in [0.3, 0.4) is 0 Å². The quantitative estimate of drug-likeness (QED) is 0.531. The third-order valence-electron chi connectivity index (χ3n) is 1.88. The molecule has 1 aliphatic carbocycles. The first kappa shape index (κ1) is 6.96. The van der Waals surface area contributed by atoms with Crippen molar-refractivity contribution in [2.45, 2.75) is 25.1 Å². The highest BCUT2D eigenvalue weighted by Gasteiger charge is 2.31. The first-order valence-electron chi connectivity index (χ1n) is 3.24. The molecular weight excluding hydrogens is 121 g/mol. The Hall–Kier alpha value is -0.150. The molecule has 0 radical (unpaired) electrons. The number of hydrogen-bond donors (Lipinski definition) is 2. The maximum atomic E-state index is 12.6. The van der Waals surface area contributed by atoms with Crippen LogP contribution in [0.1, 0.15) is 12.8 Å². The molecule has 0 aromatic heterocycles. The van der Waals surface area contributed by atoms with E-state index in [0.29, 0.717) is 12.8 Å². The van der Waals surface area contributed by atoms with E-state index in [1.165, 1.54) is 0 Å². The van der Waals surface area contributed by atoms with Gasteiger partial charge in [-0.1, -0.05) is 0 Å². The number of nitrogens with two attached hydrogens (primary N) is 1. The Labute approximate surface area is 53.9 Å². The Bertz CT molecular complexity index is 99.1. The molecule has 0 bridgehead atoms. The lowest BCUT2D eigenvalue weighted by molar-refractivity contribution is 0.162. The molecule has 3 heteroatoms. The highest BCUT2D eigenvalue weighted by atomic mass is 19.1. The van der Waals surface area contributed by atoms with Crippen molar-refractivity contribution < 1.29 is 9.50 Å². The second kappa shape index (κ2) is 2.62. The molecule has 0 amide bonds. The van der Waals surface area contributed by atoms with Gasteiger partial charge in [0.05, 0.1) is 0 Å². The van der Waals surface area contributed by atoms with E-state index in [1.54, 1.807) is 0 Å². The summed E-state index contributed by atoms with van der Waals surface area (Å²) in [5, 5.41) is 8.56. The predicted molar refractivity (Wildman–Crippen MR) is 32.7 cm³/mol. The van der Waals surface area contributed by atoms with Gasteiger partial charge in [0.15, 0.2) is 0 Å². The first-order valence-corrected chi connectivity index (χ1v) is 3.24. The molecule has 0 aromatic rings. The van der Waals surface area contributed by atoms with Crippen LogP contribution in [0.4, 0.5) is 4.39 Å². The Morgan fingerprint density at radius 1 is 1.56 bits per heavy atom. The fourth-order valence-electron chi connectivity index (χ4n) is 1.30. The third kappa shape index (κ3) is 1.40. The molecule has 0 heterocycles. The van der Waals surface area contributed by atoms with Crippen LogP contribution in [-0.2, 0) is 0 Å². The van der Waals surface area contributed by atoms with Gasteiger partial charge in [-0.2, -0.15) is 0 Å². The lowest BCUT2D eigenvalue weighted by atomic mass is 10.1. The summed E-state index contributed by atoms with van der Waals surface area (Å²) in [6, 6.07) is -0.0304. The monoisotopic (exact) mass is 133 g/mol. The Morgan fingerprint density at radius 2 is 2.22 bits per heavy atom. The van der Waals surface area contributed by atoms with Gasteiger partial charge < -0.3 is 10.8 Å². The van der Waals surface area contributed by atoms with Crippen molar-refractivity contribution in [3.05, 3.63) is 0 Å². The third-order valence-corrected chi connectivity index (χ3v) is 1.88. The minimum absolute atomic E-state index is 0.0304. The van der Waals surface area contributed by atoms with Crippen molar-refractivity contribution >= 4 is 0 Å². The minimum Gasteiger partial charge on any atom is -0.396 e. The zero-order valence-electron chi connectivity index (χ0n) is 5.26. The molecule has 2 nitrogen and oxygen atoms in total. The minimum atomic E-state index is -0.870. The molecule has 54 valence electrons. The van der Waals surface area contributed by atoms with Crippen LogP contribution in [0.5, 0.6) is 0 Å². The van der Waals surface area contributed by atoms with Gasteiger partial charge in [0.2, 0.25) is 0 Å². The largest absolute Gasteiger partial charge is 0.396 e. The van der Waals surface area contributed by atoms with Gasteiger partial charge in [0, 0.05) is 18.6 Å². The number of aliphatic hydroxyl groups is 1.